The average molecular weight is 406 g/mol. The van der Waals surface area contributed by atoms with Crippen LogP contribution in [0.2, 0.25) is 0 Å². The van der Waals surface area contributed by atoms with Crippen molar-refractivity contribution in [3.05, 3.63) is 45.6 Å². The number of aryl methyl sites for hydroxylation is 1. The van der Waals surface area contributed by atoms with Gasteiger partial charge >= 0.3 is 5.97 Å². The number of ether oxygens (including phenoxy) is 2. The third-order valence-corrected chi connectivity index (χ3v) is 4.90. The number of hydrogen-bond acceptors (Lipinski definition) is 6. The third-order valence-electron chi connectivity index (χ3n) is 3.90. The number of amides is 2. The number of hydrogen-bond donors (Lipinski definition) is 3. The molecule has 1 atom stereocenters. The highest BCUT2D eigenvalue weighted by molar-refractivity contribution is 7.13. The van der Waals surface area contributed by atoms with Crippen LogP contribution in [0.4, 0.5) is 0 Å². The number of nitrogens with one attached hydrogen (secondary N) is 2. The molecule has 2 amide bonds. The third kappa shape index (κ3) is 5.71. The van der Waals surface area contributed by atoms with Crippen molar-refractivity contribution in [3.8, 4) is 11.5 Å². The molecule has 1 heterocycles. The second kappa shape index (κ2) is 9.75. The van der Waals surface area contributed by atoms with Crippen molar-refractivity contribution in [3.63, 3.8) is 0 Å². The zero-order chi connectivity index (χ0) is 20.7. The number of carbonyl (C=O) groups excluding carboxylic acids is 2. The normalized spacial score (nSPS) is 11.4. The van der Waals surface area contributed by atoms with E-state index < -0.39 is 17.9 Å². The molecule has 8 nitrogen and oxygen atoms in total. The van der Waals surface area contributed by atoms with Gasteiger partial charge in [0, 0.05) is 4.88 Å². The van der Waals surface area contributed by atoms with Crippen LogP contribution in [0.25, 0.3) is 0 Å². The second-order valence-electron chi connectivity index (χ2n) is 5.93. The summed E-state index contributed by atoms with van der Waals surface area (Å²) in [5, 5.41) is 14.3. The molecule has 150 valence electrons. The summed E-state index contributed by atoms with van der Waals surface area (Å²) in [6.45, 7) is 1.62. The molecule has 0 aliphatic rings. The lowest BCUT2D eigenvalue weighted by molar-refractivity contribution is -0.137. The van der Waals surface area contributed by atoms with Gasteiger partial charge in [0.25, 0.3) is 5.91 Å². The first-order valence-electron chi connectivity index (χ1n) is 8.41. The summed E-state index contributed by atoms with van der Waals surface area (Å²) in [4.78, 5) is 37.0. The van der Waals surface area contributed by atoms with Gasteiger partial charge in [-0.1, -0.05) is 6.07 Å². The fourth-order valence-corrected chi connectivity index (χ4v) is 3.33. The van der Waals surface area contributed by atoms with Crippen molar-refractivity contribution in [2.24, 2.45) is 0 Å². The van der Waals surface area contributed by atoms with E-state index in [-0.39, 0.29) is 18.9 Å². The lowest BCUT2D eigenvalue weighted by Gasteiger charge is -2.19. The van der Waals surface area contributed by atoms with Gasteiger partial charge in [0.05, 0.1) is 38.1 Å². The van der Waals surface area contributed by atoms with Crippen molar-refractivity contribution < 1.29 is 29.0 Å². The van der Waals surface area contributed by atoms with E-state index in [0.717, 1.165) is 4.88 Å². The van der Waals surface area contributed by atoms with Crippen molar-refractivity contribution in [1.82, 2.24) is 10.6 Å². The highest BCUT2D eigenvalue weighted by Crippen LogP contribution is 2.30. The second-order valence-corrected chi connectivity index (χ2v) is 7.21. The van der Waals surface area contributed by atoms with Crippen LogP contribution >= 0.6 is 11.3 Å². The molecule has 9 heteroatoms. The maximum Gasteiger partial charge on any atom is 0.305 e. The molecule has 2 rings (SSSR count). The standard InChI is InChI=1S/C19H22N2O6S/c1-11-4-7-16(28-11)19(25)20-10-17(22)21-13(9-18(23)24)12-5-6-14(26-2)15(8-12)27-3/h4-8,13H,9-10H2,1-3H3,(H,20,25)(H,21,22)(H,23,24). The van der Waals surface area contributed by atoms with Gasteiger partial charge in [-0.15, -0.1) is 11.3 Å². The molecule has 0 spiro atoms. The van der Waals surface area contributed by atoms with E-state index in [9.17, 15) is 19.5 Å². The summed E-state index contributed by atoms with van der Waals surface area (Å²) < 4.78 is 10.4. The fourth-order valence-electron chi connectivity index (χ4n) is 2.55. The van der Waals surface area contributed by atoms with Gasteiger partial charge in [-0.3, -0.25) is 14.4 Å². The molecule has 1 aromatic heterocycles. The number of carboxylic acid groups (broad SMARTS) is 1. The molecule has 3 N–H and O–H groups in total. The smallest absolute Gasteiger partial charge is 0.305 e. The molecule has 28 heavy (non-hydrogen) atoms. The number of carbonyl (C=O) groups is 3. The topological polar surface area (TPSA) is 114 Å². The quantitative estimate of drug-likeness (QED) is 0.588. The average Bonchev–Trinajstić information content (AvgIpc) is 3.11. The maximum absolute atomic E-state index is 12.3. The molecule has 1 unspecified atom stereocenters. The molecule has 0 saturated heterocycles. The van der Waals surface area contributed by atoms with Crippen LogP contribution in [-0.2, 0) is 9.59 Å². The van der Waals surface area contributed by atoms with Crippen molar-refractivity contribution >= 4 is 29.1 Å². The Labute approximate surface area is 166 Å². The lowest BCUT2D eigenvalue weighted by Crippen LogP contribution is -2.39. The molecule has 2 aromatic rings. The maximum atomic E-state index is 12.3. The molecule has 0 radical (unpaired) electrons. The van der Waals surface area contributed by atoms with E-state index in [2.05, 4.69) is 10.6 Å². The fraction of sp³-hybridized carbons (Fsp3) is 0.316. The predicted molar refractivity (Wildman–Crippen MR) is 104 cm³/mol. The Bertz CT molecular complexity index is 864. The molecule has 0 aliphatic carbocycles. The van der Waals surface area contributed by atoms with Gasteiger partial charge in [0.2, 0.25) is 5.91 Å². The van der Waals surface area contributed by atoms with Crippen LogP contribution in [0.5, 0.6) is 11.5 Å². The minimum absolute atomic E-state index is 0.265. The summed E-state index contributed by atoms with van der Waals surface area (Å²) in [5.41, 5.74) is 0.550. The Balaban J connectivity index is 2.06. The molecule has 0 bridgehead atoms. The highest BCUT2D eigenvalue weighted by atomic mass is 32.1. The van der Waals surface area contributed by atoms with Crippen molar-refractivity contribution in [1.29, 1.82) is 0 Å². The van der Waals surface area contributed by atoms with Gasteiger partial charge < -0.3 is 25.2 Å². The van der Waals surface area contributed by atoms with Gasteiger partial charge in [0.1, 0.15) is 0 Å². The van der Waals surface area contributed by atoms with Crippen LogP contribution in [-0.4, -0.2) is 43.7 Å². The summed E-state index contributed by atoms with van der Waals surface area (Å²) in [6.07, 6.45) is -0.320. The predicted octanol–water partition coefficient (Wildman–Crippen LogP) is 2.14. The van der Waals surface area contributed by atoms with Crippen LogP contribution in [0, 0.1) is 6.92 Å². The molecule has 0 aliphatic heterocycles. The summed E-state index contributed by atoms with van der Waals surface area (Å²) >= 11 is 1.33. The Hall–Kier alpha value is -3.07. The van der Waals surface area contributed by atoms with E-state index in [4.69, 9.17) is 9.47 Å². The Morgan fingerprint density at radius 2 is 1.82 bits per heavy atom. The summed E-state index contributed by atoms with van der Waals surface area (Å²) in [7, 11) is 2.96. The molecule has 0 fully saturated rings. The number of methoxy groups -OCH3 is 2. The number of aliphatic carboxylic acids is 1. The Kier molecular flexibility index (Phi) is 7.39. The van der Waals surface area contributed by atoms with E-state index in [1.54, 1.807) is 24.3 Å². The number of thiophene rings is 1. The van der Waals surface area contributed by atoms with Gasteiger partial charge in [-0.25, -0.2) is 0 Å². The zero-order valence-electron chi connectivity index (χ0n) is 15.8. The highest BCUT2D eigenvalue weighted by Gasteiger charge is 2.20. The largest absolute Gasteiger partial charge is 0.493 e. The van der Waals surface area contributed by atoms with Crippen molar-refractivity contribution in [2.75, 3.05) is 20.8 Å². The molecular weight excluding hydrogens is 384 g/mol. The molecular formula is C19H22N2O6S. The van der Waals surface area contributed by atoms with Crippen LogP contribution in [0.15, 0.2) is 30.3 Å². The van der Waals surface area contributed by atoms with E-state index >= 15 is 0 Å². The van der Waals surface area contributed by atoms with E-state index in [0.29, 0.717) is 21.9 Å². The van der Waals surface area contributed by atoms with Crippen LogP contribution in [0.3, 0.4) is 0 Å². The number of benzene rings is 1. The molecule has 0 saturated carbocycles. The van der Waals surface area contributed by atoms with Gasteiger partial charge in [-0.2, -0.15) is 0 Å². The summed E-state index contributed by atoms with van der Waals surface area (Å²) in [5.74, 6) is -1.01. The first-order valence-corrected chi connectivity index (χ1v) is 9.23. The Morgan fingerprint density at radius 3 is 2.39 bits per heavy atom. The van der Waals surface area contributed by atoms with Gasteiger partial charge in [-0.05, 0) is 36.8 Å². The van der Waals surface area contributed by atoms with Crippen LogP contribution < -0.4 is 20.1 Å². The number of carboxylic acids is 1. The first kappa shape index (κ1) is 21.2. The summed E-state index contributed by atoms with van der Waals surface area (Å²) in [6, 6.07) is 7.62. The SMILES string of the molecule is COc1ccc(C(CC(=O)O)NC(=O)CNC(=O)c2ccc(C)s2)cc1OC. The van der Waals surface area contributed by atoms with Crippen LogP contribution in [0.1, 0.15) is 32.6 Å². The van der Waals surface area contributed by atoms with Crippen molar-refractivity contribution in [2.45, 2.75) is 19.4 Å². The number of rotatable bonds is 9. The lowest BCUT2D eigenvalue weighted by atomic mass is 10.0. The van der Waals surface area contributed by atoms with E-state index in [1.165, 1.54) is 25.6 Å². The minimum Gasteiger partial charge on any atom is -0.493 e. The minimum atomic E-state index is -1.07. The van der Waals surface area contributed by atoms with E-state index in [1.807, 2.05) is 13.0 Å². The van der Waals surface area contributed by atoms with Gasteiger partial charge in [0.15, 0.2) is 11.5 Å². The Morgan fingerprint density at radius 1 is 1.11 bits per heavy atom. The zero-order valence-corrected chi connectivity index (χ0v) is 16.6. The first-order chi connectivity index (χ1) is 13.3. The molecule has 1 aromatic carbocycles. The monoisotopic (exact) mass is 406 g/mol.